The Morgan fingerprint density at radius 2 is 1.79 bits per heavy atom. The third-order valence-corrected chi connectivity index (χ3v) is 7.02. The molecule has 0 aromatic heterocycles. The second-order valence-electron chi connectivity index (χ2n) is 8.51. The maximum absolute atomic E-state index is 13.4. The highest BCUT2D eigenvalue weighted by Crippen LogP contribution is 2.34. The highest BCUT2D eigenvalue weighted by Gasteiger charge is 2.33. The molecule has 0 bridgehead atoms. The Morgan fingerprint density at radius 3 is 2.31 bits per heavy atom. The summed E-state index contributed by atoms with van der Waals surface area (Å²) >= 11 is 6.32. The third-order valence-electron chi connectivity index (χ3n) is 5.03. The van der Waals surface area contributed by atoms with E-state index in [1.165, 1.54) is 26.0 Å². The van der Waals surface area contributed by atoms with Gasteiger partial charge in [-0.3, -0.25) is 14.2 Å². The summed E-state index contributed by atoms with van der Waals surface area (Å²) in [4.78, 5) is 21.6. The summed E-state index contributed by atoms with van der Waals surface area (Å²) in [6.07, 6.45) is 0. The fraction of sp³-hybridized carbons (Fsp3) is 0.318. The van der Waals surface area contributed by atoms with Gasteiger partial charge in [0.25, 0.3) is 16.0 Å². The van der Waals surface area contributed by atoms with Gasteiger partial charge in [-0.25, -0.2) is 4.99 Å². The monoisotopic (exact) mass is 606 g/mol. The molecule has 1 aliphatic heterocycles. The molecular formula is C22H28ClFN6O7S2. The molecule has 0 radical (unpaired) electrons. The highest BCUT2D eigenvalue weighted by molar-refractivity contribution is 7.86. The summed E-state index contributed by atoms with van der Waals surface area (Å²) in [5.41, 5.74) is 11.8. The number of hydrogen-bond acceptors (Lipinski definition) is 11. The number of rotatable bonds is 7. The molecule has 3 rings (SSSR count). The summed E-state index contributed by atoms with van der Waals surface area (Å²) in [5.74, 6) is -0.369. The summed E-state index contributed by atoms with van der Waals surface area (Å²) in [5, 5.41) is 2.65. The first kappa shape index (κ1) is 31.7. The lowest BCUT2D eigenvalue weighted by molar-refractivity contribution is -0.118. The van der Waals surface area contributed by atoms with Crippen LogP contribution < -0.4 is 26.4 Å². The van der Waals surface area contributed by atoms with E-state index in [1.54, 1.807) is 36.9 Å². The maximum atomic E-state index is 13.4. The SMILES string of the molecule is CCS(=O)(=O)O.Cc1ccc(NC(=O)COc2ccc(N3C(N)=NC(N)=NC3(C)C)cc2Cl)cc1S(=O)(=O)F. The van der Waals surface area contributed by atoms with Crippen molar-refractivity contribution >= 4 is 61.1 Å². The van der Waals surface area contributed by atoms with Crippen molar-refractivity contribution in [3.63, 3.8) is 0 Å². The number of ether oxygens (including phenoxy) is 1. The zero-order valence-electron chi connectivity index (χ0n) is 21.3. The van der Waals surface area contributed by atoms with Crippen LogP contribution in [0.15, 0.2) is 51.3 Å². The minimum Gasteiger partial charge on any atom is -0.482 e. The Hall–Kier alpha value is -3.47. The summed E-state index contributed by atoms with van der Waals surface area (Å²) in [6, 6.07) is 8.66. The van der Waals surface area contributed by atoms with E-state index >= 15 is 0 Å². The molecule has 39 heavy (non-hydrogen) atoms. The van der Waals surface area contributed by atoms with Gasteiger partial charge >= 0.3 is 10.2 Å². The minimum absolute atomic E-state index is 0.0654. The van der Waals surface area contributed by atoms with Crippen LogP contribution in [0.3, 0.4) is 0 Å². The molecule has 2 aromatic carbocycles. The molecule has 13 nitrogen and oxygen atoms in total. The van der Waals surface area contributed by atoms with Crippen molar-refractivity contribution in [3.05, 3.63) is 47.0 Å². The zero-order valence-corrected chi connectivity index (χ0v) is 23.7. The Kier molecular flexibility index (Phi) is 9.89. The summed E-state index contributed by atoms with van der Waals surface area (Å²) in [6.45, 7) is 5.99. The predicted molar refractivity (Wildman–Crippen MR) is 147 cm³/mol. The number of nitrogens with one attached hydrogen (secondary N) is 1. The molecule has 0 atom stereocenters. The Balaban J connectivity index is 0.000000798. The number of benzene rings is 2. The molecule has 0 unspecified atom stereocenters. The van der Waals surface area contributed by atoms with Crippen molar-refractivity contribution in [2.45, 2.75) is 38.3 Å². The van der Waals surface area contributed by atoms with Crippen LogP contribution in [0, 0.1) is 6.92 Å². The number of anilines is 2. The molecule has 214 valence electrons. The van der Waals surface area contributed by atoms with Gasteiger partial charge in [0, 0.05) is 11.4 Å². The average molecular weight is 607 g/mol. The second-order valence-corrected chi connectivity index (χ2v) is 12.0. The molecule has 1 heterocycles. The van der Waals surface area contributed by atoms with Crippen molar-refractivity contribution in [2.24, 2.45) is 21.5 Å². The number of nitrogens with zero attached hydrogens (tertiary/aromatic N) is 3. The van der Waals surface area contributed by atoms with Crippen LogP contribution in [0.4, 0.5) is 15.3 Å². The lowest BCUT2D eigenvalue weighted by Gasteiger charge is -2.38. The standard InChI is InChI=1S/C20H22ClFN6O4S.C2H6O3S/c1-11-4-5-12(8-16(11)33(22,30)31)25-17(29)10-32-15-7-6-13(9-14(15)21)28-19(24)26-18(23)27-20(28,2)3;1-2-6(3,4)5/h4-9H,10H2,1-3H3,(H,25,29)(H4,23,24,26,27);2H2,1H3,(H,3,4,5). The number of amides is 1. The fourth-order valence-electron chi connectivity index (χ4n) is 3.28. The molecule has 1 aliphatic rings. The molecule has 1 amide bonds. The molecule has 0 spiro atoms. The van der Waals surface area contributed by atoms with Crippen LogP contribution in [0.25, 0.3) is 0 Å². The van der Waals surface area contributed by atoms with E-state index in [-0.39, 0.29) is 39.7 Å². The van der Waals surface area contributed by atoms with Crippen LogP contribution in [0.5, 0.6) is 5.75 Å². The molecule has 2 aromatic rings. The van der Waals surface area contributed by atoms with Crippen molar-refractivity contribution < 1.29 is 34.8 Å². The number of halogens is 2. The number of guanidine groups is 2. The molecule has 0 aliphatic carbocycles. The van der Waals surface area contributed by atoms with Gasteiger partial charge in [0.1, 0.15) is 16.3 Å². The minimum atomic E-state index is -4.92. The zero-order chi connectivity index (χ0) is 29.8. The summed E-state index contributed by atoms with van der Waals surface area (Å²) < 4.78 is 68.2. The first-order valence-corrected chi connectivity index (χ1v) is 14.4. The van der Waals surface area contributed by atoms with Crippen LogP contribution in [0.1, 0.15) is 26.3 Å². The molecule has 17 heteroatoms. The van der Waals surface area contributed by atoms with Crippen molar-refractivity contribution in [3.8, 4) is 5.75 Å². The van der Waals surface area contributed by atoms with E-state index in [2.05, 4.69) is 15.3 Å². The average Bonchev–Trinajstić information content (AvgIpc) is 2.77. The lowest BCUT2D eigenvalue weighted by Crippen LogP contribution is -2.54. The lowest BCUT2D eigenvalue weighted by atomic mass is 10.1. The number of hydrogen-bond donors (Lipinski definition) is 4. The van der Waals surface area contributed by atoms with Gasteiger partial charge in [-0.2, -0.15) is 21.8 Å². The third kappa shape index (κ3) is 9.05. The number of aliphatic imine (C=N–C) groups is 2. The van der Waals surface area contributed by atoms with Crippen LogP contribution in [-0.2, 0) is 25.1 Å². The highest BCUT2D eigenvalue weighted by atomic mass is 35.5. The van der Waals surface area contributed by atoms with Gasteiger partial charge in [-0.1, -0.05) is 17.7 Å². The van der Waals surface area contributed by atoms with Crippen molar-refractivity contribution in [2.75, 3.05) is 22.6 Å². The quantitative estimate of drug-likeness (QED) is 0.267. The number of carbonyl (C=O) groups is 1. The van der Waals surface area contributed by atoms with E-state index in [0.717, 1.165) is 6.07 Å². The Labute approximate surface area is 230 Å². The molecule has 0 fully saturated rings. The van der Waals surface area contributed by atoms with Crippen LogP contribution in [-0.4, -0.2) is 57.2 Å². The smallest absolute Gasteiger partial charge is 0.332 e. The van der Waals surface area contributed by atoms with E-state index < -0.39 is 43.4 Å². The van der Waals surface area contributed by atoms with Gasteiger partial charge in [-0.15, -0.1) is 3.89 Å². The van der Waals surface area contributed by atoms with Gasteiger partial charge in [0.15, 0.2) is 6.61 Å². The Bertz CT molecular complexity index is 1530. The number of carbonyl (C=O) groups excluding carboxylic acids is 1. The van der Waals surface area contributed by atoms with Crippen LogP contribution in [0.2, 0.25) is 5.02 Å². The molecule has 0 saturated heterocycles. The van der Waals surface area contributed by atoms with Gasteiger partial charge in [0.2, 0.25) is 11.9 Å². The van der Waals surface area contributed by atoms with Crippen LogP contribution >= 0.6 is 11.6 Å². The van der Waals surface area contributed by atoms with E-state index in [0.29, 0.717) is 5.69 Å². The largest absolute Gasteiger partial charge is 0.482 e. The summed E-state index contributed by atoms with van der Waals surface area (Å²) in [7, 11) is -8.58. The first-order valence-electron chi connectivity index (χ1n) is 11.1. The predicted octanol–water partition coefficient (Wildman–Crippen LogP) is 2.40. The maximum Gasteiger partial charge on any atom is 0.332 e. The molecule has 6 N–H and O–H groups in total. The first-order chi connectivity index (χ1) is 17.8. The topological polar surface area (TPSA) is 207 Å². The fourth-order valence-corrected chi connectivity index (χ4v) is 4.23. The number of aryl methyl sites for hydroxylation is 1. The molecular weight excluding hydrogens is 579 g/mol. The second kappa shape index (κ2) is 12.1. The number of nitrogens with two attached hydrogens (primary N) is 2. The Morgan fingerprint density at radius 1 is 1.18 bits per heavy atom. The van der Waals surface area contributed by atoms with E-state index in [9.17, 15) is 25.5 Å². The van der Waals surface area contributed by atoms with Crippen molar-refractivity contribution in [1.29, 1.82) is 0 Å². The normalized spacial score (nSPS) is 14.9. The van der Waals surface area contributed by atoms with Gasteiger partial charge in [0.05, 0.1) is 10.8 Å². The van der Waals surface area contributed by atoms with Gasteiger partial charge in [-0.05, 0) is 63.6 Å². The van der Waals surface area contributed by atoms with E-state index in [1.807, 2.05) is 0 Å². The van der Waals surface area contributed by atoms with E-state index in [4.69, 9.17) is 32.4 Å². The molecule has 0 saturated carbocycles. The van der Waals surface area contributed by atoms with Gasteiger partial charge < -0.3 is 21.5 Å². The van der Waals surface area contributed by atoms with Crippen molar-refractivity contribution in [1.82, 2.24) is 0 Å².